The van der Waals surface area contributed by atoms with Crippen LogP contribution >= 0.6 is 7.60 Å². The van der Waals surface area contributed by atoms with E-state index in [9.17, 15) is 9.36 Å². The summed E-state index contributed by atoms with van der Waals surface area (Å²) in [7, 11) is -3.42. The molecule has 7 heteroatoms. The Bertz CT molecular complexity index is 815. The lowest BCUT2D eigenvalue weighted by molar-refractivity contribution is -0.189. The minimum atomic E-state index is -3.42. The Kier molecular flexibility index (Phi) is 9.73. The van der Waals surface area contributed by atoms with Crippen molar-refractivity contribution in [1.29, 1.82) is 0 Å². The fraction of sp³-hybridized carbons (Fsp3) is 0.435. The summed E-state index contributed by atoms with van der Waals surface area (Å²) in [5.41, 5.74) is 2.43. The number of carbonyl (C=O) groups is 1. The third-order valence-electron chi connectivity index (χ3n) is 4.65. The average molecular weight is 433 g/mol. The number of benzene rings is 2. The van der Waals surface area contributed by atoms with Gasteiger partial charge in [-0.15, -0.1) is 0 Å². The molecular formula is C23H32NO5P. The van der Waals surface area contributed by atoms with Gasteiger partial charge in [0.1, 0.15) is 6.61 Å². The van der Waals surface area contributed by atoms with Crippen LogP contribution in [0.2, 0.25) is 0 Å². The molecule has 0 bridgehead atoms. The highest BCUT2D eigenvalue weighted by atomic mass is 31.2. The molecule has 0 aliphatic carbocycles. The molecule has 6 nitrogen and oxygen atoms in total. The van der Waals surface area contributed by atoms with Crippen LogP contribution in [0.5, 0.6) is 0 Å². The quantitative estimate of drug-likeness (QED) is 0.319. The van der Waals surface area contributed by atoms with Gasteiger partial charge in [-0.2, -0.15) is 0 Å². The Hall–Kier alpha value is -1.98. The lowest BCUT2D eigenvalue weighted by Gasteiger charge is -2.29. The Morgan fingerprint density at radius 3 is 2.13 bits per heavy atom. The summed E-state index contributed by atoms with van der Waals surface area (Å²) in [5.74, 6) is -0.212. The number of aryl methyl sites for hydroxylation is 1. The van der Waals surface area contributed by atoms with Crippen molar-refractivity contribution in [3.8, 4) is 0 Å². The van der Waals surface area contributed by atoms with Crippen LogP contribution in [0.1, 0.15) is 49.5 Å². The molecule has 1 amide bonds. The second-order valence-electron chi connectivity index (χ2n) is 6.97. The fourth-order valence-electron chi connectivity index (χ4n) is 3.15. The highest BCUT2D eigenvalue weighted by Crippen LogP contribution is 2.62. The predicted octanol–water partition coefficient (Wildman–Crippen LogP) is 5.67. The number of amides is 1. The summed E-state index contributed by atoms with van der Waals surface area (Å²) < 4.78 is 24.8. The number of hydroxylamine groups is 2. The second kappa shape index (κ2) is 12.0. The van der Waals surface area contributed by atoms with Crippen LogP contribution in [-0.2, 0) is 29.9 Å². The summed E-state index contributed by atoms with van der Waals surface area (Å²) >= 11 is 0. The third kappa shape index (κ3) is 7.06. The topological polar surface area (TPSA) is 65.1 Å². The highest BCUT2D eigenvalue weighted by Gasteiger charge is 2.37. The van der Waals surface area contributed by atoms with Crippen molar-refractivity contribution in [3.05, 3.63) is 71.3 Å². The van der Waals surface area contributed by atoms with Crippen LogP contribution in [0.15, 0.2) is 54.6 Å². The minimum absolute atomic E-state index is 0.212. The molecule has 30 heavy (non-hydrogen) atoms. The molecule has 0 aromatic heterocycles. The van der Waals surface area contributed by atoms with Crippen molar-refractivity contribution in [1.82, 2.24) is 5.06 Å². The molecular weight excluding hydrogens is 401 g/mol. The number of hydrogen-bond acceptors (Lipinski definition) is 5. The van der Waals surface area contributed by atoms with E-state index in [1.54, 1.807) is 13.8 Å². The van der Waals surface area contributed by atoms with Gasteiger partial charge in [-0.25, -0.2) is 5.06 Å². The predicted molar refractivity (Wildman–Crippen MR) is 118 cm³/mol. The lowest BCUT2D eigenvalue weighted by atomic mass is 10.1. The molecule has 2 aromatic rings. The molecule has 0 saturated carbocycles. The number of carbonyl (C=O) groups excluding carboxylic acids is 1. The zero-order valence-electron chi connectivity index (χ0n) is 18.2. The summed E-state index contributed by atoms with van der Waals surface area (Å²) in [5, 5.41) is 1.32. The smallest absolute Gasteiger partial charge is 0.308 e. The van der Waals surface area contributed by atoms with Gasteiger partial charge in [0.25, 0.3) is 0 Å². The van der Waals surface area contributed by atoms with Crippen LogP contribution < -0.4 is 0 Å². The van der Waals surface area contributed by atoms with E-state index >= 15 is 0 Å². The van der Waals surface area contributed by atoms with Crippen LogP contribution in [-0.4, -0.2) is 30.7 Å². The molecule has 1 atom stereocenters. The number of nitrogens with zero attached hydrogens (tertiary/aromatic N) is 1. The second-order valence-corrected chi connectivity index (χ2v) is 9.19. The fourth-order valence-corrected chi connectivity index (χ4v) is 5.28. The molecule has 2 aromatic carbocycles. The highest BCUT2D eigenvalue weighted by molar-refractivity contribution is 7.54. The Labute approximate surface area is 179 Å². The molecule has 0 spiro atoms. The van der Waals surface area contributed by atoms with Crippen molar-refractivity contribution < 1.29 is 23.2 Å². The van der Waals surface area contributed by atoms with Crippen LogP contribution in [0, 0.1) is 6.92 Å². The maximum Gasteiger partial charge on any atom is 0.338 e. The first-order valence-electron chi connectivity index (χ1n) is 10.3. The van der Waals surface area contributed by atoms with E-state index < -0.39 is 13.3 Å². The monoisotopic (exact) mass is 433 g/mol. The molecule has 0 saturated heterocycles. The van der Waals surface area contributed by atoms with E-state index in [0.717, 1.165) is 16.7 Å². The largest absolute Gasteiger partial charge is 0.338 e. The molecule has 2 rings (SSSR count). The van der Waals surface area contributed by atoms with E-state index in [1.165, 1.54) is 12.0 Å². The van der Waals surface area contributed by atoms with Gasteiger partial charge in [0.05, 0.1) is 18.9 Å². The van der Waals surface area contributed by atoms with Crippen molar-refractivity contribution in [2.75, 3.05) is 19.8 Å². The summed E-state index contributed by atoms with van der Waals surface area (Å²) in [6.07, 6.45) is 0.384. The number of rotatable bonds is 12. The van der Waals surface area contributed by atoms with Gasteiger partial charge in [0.2, 0.25) is 5.91 Å². The summed E-state index contributed by atoms with van der Waals surface area (Å²) in [6, 6.07) is 17.5. The van der Waals surface area contributed by atoms with Crippen molar-refractivity contribution >= 4 is 13.5 Å². The van der Waals surface area contributed by atoms with Gasteiger partial charge >= 0.3 is 7.60 Å². The molecule has 1 unspecified atom stereocenters. The summed E-state index contributed by atoms with van der Waals surface area (Å²) in [4.78, 5) is 17.9. The van der Waals surface area contributed by atoms with Gasteiger partial charge in [-0.3, -0.25) is 14.2 Å². The zero-order chi connectivity index (χ0) is 22.0. The molecule has 0 aliphatic rings. The number of hydrogen-bond donors (Lipinski definition) is 0. The van der Waals surface area contributed by atoms with E-state index in [0.29, 0.717) is 6.42 Å². The molecule has 0 N–H and O–H groups in total. The molecule has 0 heterocycles. The minimum Gasteiger partial charge on any atom is -0.308 e. The normalized spacial score (nSPS) is 12.5. The Morgan fingerprint density at radius 2 is 1.60 bits per heavy atom. The summed E-state index contributed by atoms with van der Waals surface area (Å²) in [6.45, 7) is 8.15. The lowest BCUT2D eigenvalue weighted by Crippen LogP contribution is -2.31. The SMILES string of the molecule is CCOP(=O)(OCC)C(CCN(OCc1ccccc1)C(C)=O)c1ccc(C)cc1. The van der Waals surface area contributed by atoms with Crippen LogP contribution in [0.25, 0.3) is 0 Å². The van der Waals surface area contributed by atoms with E-state index in [1.807, 2.05) is 61.5 Å². The first-order valence-corrected chi connectivity index (χ1v) is 11.9. The Morgan fingerprint density at radius 1 is 1.00 bits per heavy atom. The molecule has 164 valence electrons. The average Bonchev–Trinajstić information content (AvgIpc) is 2.72. The van der Waals surface area contributed by atoms with Gasteiger partial charge in [0.15, 0.2) is 0 Å². The van der Waals surface area contributed by atoms with Crippen molar-refractivity contribution in [2.24, 2.45) is 0 Å². The van der Waals surface area contributed by atoms with E-state index in [-0.39, 0.29) is 32.3 Å². The van der Waals surface area contributed by atoms with Crippen molar-refractivity contribution in [3.63, 3.8) is 0 Å². The van der Waals surface area contributed by atoms with Gasteiger partial charge in [0, 0.05) is 13.5 Å². The van der Waals surface area contributed by atoms with Gasteiger partial charge in [-0.1, -0.05) is 60.2 Å². The molecule has 0 radical (unpaired) electrons. The van der Waals surface area contributed by atoms with Gasteiger partial charge < -0.3 is 9.05 Å². The van der Waals surface area contributed by atoms with Gasteiger partial charge in [-0.05, 0) is 38.3 Å². The third-order valence-corrected chi connectivity index (χ3v) is 7.20. The maximum absolute atomic E-state index is 13.6. The van der Waals surface area contributed by atoms with Crippen LogP contribution in [0.4, 0.5) is 0 Å². The molecule has 0 aliphatic heterocycles. The van der Waals surface area contributed by atoms with E-state index in [2.05, 4.69) is 0 Å². The van der Waals surface area contributed by atoms with Crippen molar-refractivity contribution in [2.45, 2.75) is 46.4 Å². The first kappa shape index (κ1) is 24.3. The standard InChI is InChI=1S/C23H32NO5P/c1-5-28-30(26,29-6-2)23(22-14-12-19(3)13-15-22)16-17-24(20(4)25)27-18-21-10-8-7-9-11-21/h7-15,23H,5-6,16-18H2,1-4H3. The van der Waals surface area contributed by atoms with E-state index in [4.69, 9.17) is 13.9 Å². The Balaban J connectivity index is 2.19. The molecule has 0 fully saturated rings. The van der Waals surface area contributed by atoms with Crippen LogP contribution in [0.3, 0.4) is 0 Å². The first-order chi connectivity index (χ1) is 14.4. The zero-order valence-corrected chi connectivity index (χ0v) is 19.1. The maximum atomic E-state index is 13.6.